The minimum atomic E-state index is -4.59. The lowest BCUT2D eigenvalue weighted by molar-refractivity contribution is -0.141. The van der Waals surface area contributed by atoms with Crippen molar-refractivity contribution < 1.29 is 17.9 Å². The molecule has 1 aliphatic carbocycles. The number of halogens is 3. The quantitative estimate of drug-likeness (QED) is 0.321. The van der Waals surface area contributed by atoms with E-state index in [1.807, 2.05) is 36.7 Å². The van der Waals surface area contributed by atoms with Crippen molar-refractivity contribution in [1.29, 1.82) is 0 Å². The fourth-order valence-electron chi connectivity index (χ4n) is 5.87. The van der Waals surface area contributed by atoms with Crippen molar-refractivity contribution in [3.05, 3.63) is 59.4 Å². The summed E-state index contributed by atoms with van der Waals surface area (Å²) >= 11 is 0. The van der Waals surface area contributed by atoms with Crippen molar-refractivity contribution in [2.75, 3.05) is 13.2 Å². The fraction of sp³-hybridized carbons (Fsp3) is 0.500. The largest absolute Gasteiger partial charge is 0.433 e. The highest BCUT2D eigenvalue weighted by Crippen LogP contribution is 2.44. The molecule has 4 aromatic rings. The second-order valence-corrected chi connectivity index (χ2v) is 10.8. The number of ether oxygens (including phenoxy) is 1. The van der Waals surface area contributed by atoms with E-state index in [0.717, 1.165) is 48.7 Å². The van der Waals surface area contributed by atoms with Crippen molar-refractivity contribution >= 4 is 10.9 Å². The minimum Gasteiger partial charge on any atom is -0.381 e. The molecule has 1 saturated carbocycles. The van der Waals surface area contributed by atoms with Gasteiger partial charge in [0.1, 0.15) is 23.5 Å². The predicted octanol–water partition coefficient (Wildman–Crippen LogP) is 5.53. The van der Waals surface area contributed by atoms with Crippen molar-refractivity contribution in [3.8, 4) is 11.3 Å². The van der Waals surface area contributed by atoms with Crippen LogP contribution in [0.4, 0.5) is 13.2 Å². The van der Waals surface area contributed by atoms with Gasteiger partial charge in [-0.05, 0) is 56.2 Å². The molecule has 0 bridgehead atoms. The van der Waals surface area contributed by atoms with Gasteiger partial charge >= 0.3 is 6.18 Å². The molecule has 39 heavy (non-hydrogen) atoms. The van der Waals surface area contributed by atoms with E-state index in [4.69, 9.17) is 4.74 Å². The van der Waals surface area contributed by atoms with Gasteiger partial charge in [0.2, 0.25) is 0 Å². The molecule has 2 atom stereocenters. The van der Waals surface area contributed by atoms with E-state index in [2.05, 4.69) is 36.8 Å². The van der Waals surface area contributed by atoms with Gasteiger partial charge in [0.05, 0.1) is 11.2 Å². The van der Waals surface area contributed by atoms with Gasteiger partial charge in [-0.25, -0.2) is 4.98 Å². The number of alkyl halides is 3. The Morgan fingerprint density at radius 1 is 1.13 bits per heavy atom. The third-order valence-corrected chi connectivity index (χ3v) is 8.15. The molecule has 2 aliphatic rings. The molecule has 2 N–H and O–H groups in total. The van der Waals surface area contributed by atoms with Crippen molar-refractivity contribution in [2.45, 2.75) is 63.2 Å². The number of pyridine rings is 1. The van der Waals surface area contributed by atoms with Crippen LogP contribution in [0.25, 0.3) is 22.2 Å². The molecule has 8 nitrogen and oxygen atoms in total. The van der Waals surface area contributed by atoms with Crippen LogP contribution in [0.2, 0.25) is 0 Å². The summed E-state index contributed by atoms with van der Waals surface area (Å²) in [6.45, 7) is 3.12. The number of hydrogen-bond acceptors (Lipinski definition) is 6. The maximum atomic E-state index is 14.0. The first-order chi connectivity index (χ1) is 18.8. The highest BCUT2D eigenvalue weighted by molar-refractivity contribution is 5.94. The summed E-state index contributed by atoms with van der Waals surface area (Å²) in [5, 5.41) is 19.9. The first-order valence-electron chi connectivity index (χ1n) is 13.5. The van der Waals surface area contributed by atoms with E-state index in [1.165, 1.54) is 6.42 Å². The minimum absolute atomic E-state index is 0.0584. The number of nitrogens with one attached hydrogen (secondary N) is 2. The van der Waals surface area contributed by atoms with Gasteiger partial charge in [0.15, 0.2) is 0 Å². The van der Waals surface area contributed by atoms with Crippen LogP contribution in [0.5, 0.6) is 0 Å². The molecule has 1 aromatic carbocycles. The van der Waals surface area contributed by atoms with Crippen molar-refractivity contribution in [2.24, 2.45) is 13.0 Å². The third kappa shape index (κ3) is 5.05. The van der Waals surface area contributed by atoms with Gasteiger partial charge in [-0.15, -0.1) is 10.2 Å². The number of rotatable bonds is 7. The Hall–Kier alpha value is -3.31. The highest BCUT2D eigenvalue weighted by atomic mass is 19.4. The van der Waals surface area contributed by atoms with Crippen LogP contribution in [0.3, 0.4) is 0 Å². The van der Waals surface area contributed by atoms with E-state index in [0.29, 0.717) is 41.4 Å². The Labute approximate surface area is 224 Å². The molecule has 1 aliphatic heterocycles. The van der Waals surface area contributed by atoms with Crippen molar-refractivity contribution in [3.63, 3.8) is 0 Å². The standard InChI is InChI=1S/C28H32F3N7O/c1-16(33-20-9-11-39-12-10-20)24-26-21(14-22(34-24)28(29,30)31)25(35-36-26)19-8-4-7-18(13-19)23(17-5-3-6-17)27-37-32-15-38(27)2/h4,7-8,13-17,20,23,33H,3,5-6,9-12H2,1-2H3,(H,35,36)/t16-,23+/m0/s1. The van der Waals surface area contributed by atoms with E-state index in [9.17, 15) is 13.2 Å². The normalized spacial score (nSPS) is 18.8. The van der Waals surface area contributed by atoms with E-state index < -0.39 is 17.9 Å². The smallest absolute Gasteiger partial charge is 0.381 e. The Balaban J connectivity index is 1.42. The molecule has 0 spiro atoms. The Morgan fingerprint density at radius 3 is 2.59 bits per heavy atom. The lowest BCUT2D eigenvalue weighted by atomic mass is 9.72. The first kappa shape index (κ1) is 25.9. The maximum absolute atomic E-state index is 14.0. The summed E-state index contributed by atoms with van der Waals surface area (Å²) < 4.78 is 49.4. The molecule has 4 heterocycles. The summed E-state index contributed by atoms with van der Waals surface area (Å²) in [4.78, 5) is 4.07. The fourth-order valence-corrected chi connectivity index (χ4v) is 5.87. The molecular formula is C28H32F3N7O. The summed E-state index contributed by atoms with van der Waals surface area (Å²) in [5.41, 5.74) is 2.19. The first-order valence-corrected chi connectivity index (χ1v) is 13.5. The second kappa shape index (κ2) is 10.3. The van der Waals surface area contributed by atoms with Crippen LogP contribution in [0.1, 0.15) is 73.8 Å². The van der Waals surface area contributed by atoms with Gasteiger partial charge in [0.25, 0.3) is 0 Å². The Morgan fingerprint density at radius 2 is 1.92 bits per heavy atom. The summed E-state index contributed by atoms with van der Waals surface area (Å²) in [6.07, 6.45) is 2.12. The predicted molar refractivity (Wildman–Crippen MR) is 140 cm³/mol. The molecule has 1 saturated heterocycles. The third-order valence-electron chi connectivity index (χ3n) is 8.15. The number of aromatic amines is 1. The molecule has 0 radical (unpaired) electrons. The highest BCUT2D eigenvalue weighted by Gasteiger charge is 2.36. The molecule has 11 heteroatoms. The van der Waals surface area contributed by atoms with Crippen LogP contribution in [0, 0.1) is 5.92 Å². The molecule has 0 unspecified atom stereocenters. The summed E-state index contributed by atoms with van der Waals surface area (Å²) in [6, 6.07) is 8.78. The molecule has 206 valence electrons. The average Bonchev–Trinajstić information content (AvgIpc) is 3.51. The Kier molecular flexibility index (Phi) is 6.88. The number of H-pyrrole nitrogens is 1. The molecule has 2 fully saturated rings. The van der Waals surface area contributed by atoms with E-state index in [-0.39, 0.29) is 12.0 Å². The summed E-state index contributed by atoms with van der Waals surface area (Å²) in [5.74, 6) is 1.40. The van der Waals surface area contributed by atoms with E-state index in [1.54, 1.807) is 6.33 Å². The van der Waals surface area contributed by atoms with Crippen LogP contribution in [0.15, 0.2) is 36.7 Å². The average molecular weight is 540 g/mol. The van der Waals surface area contributed by atoms with Gasteiger partial charge in [-0.1, -0.05) is 24.6 Å². The van der Waals surface area contributed by atoms with E-state index >= 15 is 0 Å². The lowest BCUT2D eigenvalue weighted by Crippen LogP contribution is -2.36. The summed E-state index contributed by atoms with van der Waals surface area (Å²) in [7, 11) is 1.94. The molecule has 6 rings (SSSR count). The lowest BCUT2D eigenvalue weighted by Gasteiger charge is -2.33. The maximum Gasteiger partial charge on any atom is 0.433 e. The number of aromatic nitrogens is 6. The van der Waals surface area contributed by atoms with Crippen LogP contribution >= 0.6 is 0 Å². The number of benzene rings is 1. The van der Waals surface area contributed by atoms with Crippen molar-refractivity contribution in [1.82, 2.24) is 35.3 Å². The zero-order chi connectivity index (χ0) is 27.1. The molecule has 0 amide bonds. The number of nitrogens with zero attached hydrogens (tertiary/aromatic N) is 5. The van der Waals surface area contributed by atoms with Gasteiger partial charge in [0, 0.05) is 49.2 Å². The number of fused-ring (bicyclic) bond motifs is 1. The number of hydrogen-bond donors (Lipinski definition) is 2. The zero-order valence-corrected chi connectivity index (χ0v) is 22.0. The van der Waals surface area contributed by atoms with Gasteiger partial charge in [-0.3, -0.25) is 5.10 Å². The zero-order valence-electron chi connectivity index (χ0n) is 22.0. The monoisotopic (exact) mass is 539 g/mol. The molecular weight excluding hydrogens is 507 g/mol. The van der Waals surface area contributed by atoms with Crippen LogP contribution < -0.4 is 5.32 Å². The van der Waals surface area contributed by atoms with Gasteiger partial charge < -0.3 is 14.6 Å². The SMILES string of the molecule is C[C@H](NC1CCOCC1)c1nc(C(F)(F)F)cc2c(-c3cccc([C@H](c4nncn4C)C4CCC4)c3)n[nH]c12. The second-order valence-electron chi connectivity index (χ2n) is 10.8. The molecule has 3 aromatic heterocycles. The van der Waals surface area contributed by atoms with Gasteiger partial charge in [-0.2, -0.15) is 18.3 Å². The Bertz CT molecular complexity index is 1450. The van der Waals surface area contributed by atoms with Crippen LogP contribution in [-0.4, -0.2) is 49.2 Å². The van der Waals surface area contributed by atoms with Crippen LogP contribution in [-0.2, 0) is 18.0 Å². The topological polar surface area (TPSA) is 93.5 Å². The number of aryl methyl sites for hydroxylation is 1.